The maximum atomic E-state index is 6.06. The molecule has 0 saturated carbocycles. The van der Waals surface area contributed by atoms with E-state index in [0.29, 0.717) is 17.8 Å². The van der Waals surface area contributed by atoms with E-state index in [4.69, 9.17) is 16.3 Å². The van der Waals surface area contributed by atoms with E-state index in [2.05, 4.69) is 26.4 Å². The van der Waals surface area contributed by atoms with Crippen LogP contribution in [-0.4, -0.2) is 45.7 Å². The smallest absolute Gasteiger partial charge is 0.215 e. The third kappa shape index (κ3) is 2.85. The van der Waals surface area contributed by atoms with Gasteiger partial charge in [-0.05, 0) is 38.9 Å². The van der Waals surface area contributed by atoms with Crippen LogP contribution < -0.4 is 4.74 Å². The SMILES string of the molecule is COc1ccc2nc(CCl)n(CC(C)N3CCCC3)c2n1. The van der Waals surface area contributed by atoms with Crippen LogP contribution in [0.25, 0.3) is 11.2 Å². The summed E-state index contributed by atoms with van der Waals surface area (Å²) in [5, 5.41) is 0. The summed E-state index contributed by atoms with van der Waals surface area (Å²) in [6.45, 7) is 5.48. The van der Waals surface area contributed by atoms with Crippen LogP contribution in [0.15, 0.2) is 12.1 Å². The lowest BCUT2D eigenvalue weighted by atomic mass is 10.3. The molecule has 2 aromatic rings. The first-order chi connectivity index (χ1) is 10.2. The average molecular weight is 309 g/mol. The summed E-state index contributed by atoms with van der Waals surface area (Å²) >= 11 is 6.06. The van der Waals surface area contributed by atoms with Gasteiger partial charge in [0, 0.05) is 18.7 Å². The van der Waals surface area contributed by atoms with Gasteiger partial charge in [0.15, 0.2) is 5.65 Å². The molecule has 114 valence electrons. The first-order valence-corrected chi connectivity index (χ1v) is 7.96. The number of halogens is 1. The Balaban J connectivity index is 1.94. The molecule has 21 heavy (non-hydrogen) atoms. The number of hydrogen-bond donors (Lipinski definition) is 0. The number of alkyl halides is 1. The maximum Gasteiger partial charge on any atom is 0.215 e. The Morgan fingerprint density at radius 2 is 2.05 bits per heavy atom. The van der Waals surface area contributed by atoms with Gasteiger partial charge in [-0.15, -0.1) is 11.6 Å². The number of ether oxygens (including phenoxy) is 1. The normalized spacial score (nSPS) is 17.5. The Morgan fingerprint density at radius 3 is 2.71 bits per heavy atom. The number of hydrogen-bond acceptors (Lipinski definition) is 4. The molecule has 0 radical (unpaired) electrons. The molecule has 0 spiro atoms. The van der Waals surface area contributed by atoms with E-state index in [1.807, 2.05) is 12.1 Å². The van der Waals surface area contributed by atoms with Crippen molar-refractivity contribution in [3.63, 3.8) is 0 Å². The minimum atomic E-state index is 0.394. The summed E-state index contributed by atoms with van der Waals surface area (Å²) in [6, 6.07) is 4.23. The largest absolute Gasteiger partial charge is 0.481 e. The standard InChI is InChI=1S/C15H21ClN4O/c1-11(19-7-3-4-8-19)10-20-13(9-16)17-12-5-6-14(21-2)18-15(12)20/h5-6,11H,3-4,7-10H2,1-2H3. The number of aromatic nitrogens is 3. The van der Waals surface area contributed by atoms with Crippen molar-refractivity contribution in [2.24, 2.45) is 0 Å². The number of likely N-dealkylation sites (tertiary alicyclic amines) is 1. The molecule has 1 aliphatic heterocycles. The van der Waals surface area contributed by atoms with Gasteiger partial charge in [-0.1, -0.05) is 0 Å². The third-order valence-electron chi connectivity index (χ3n) is 4.19. The first-order valence-electron chi connectivity index (χ1n) is 7.43. The zero-order valence-corrected chi connectivity index (χ0v) is 13.3. The van der Waals surface area contributed by atoms with Gasteiger partial charge >= 0.3 is 0 Å². The summed E-state index contributed by atoms with van der Waals surface area (Å²) in [6.07, 6.45) is 2.59. The Kier molecular flexibility index (Phi) is 4.31. The van der Waals surface area contributed by atoms with E-state index >= 15 is 0 Å². The Morgan fingerprint density at radius 1 is 1.29 bits per heavy atom. The minimum absolute atomic E-state index is 0.394. The van der Waals surface area contributed by atoms with Gasteiger partial charge in [-0.25, -0.2) is 4.98 Å². The fourth-order valence-corrected chi connectivity index (χ4v) is 3.20. The van der Waals surface area contributed by atoms with Crippen LogP contribution in [-0.2, 0) is 12.4 Å². The molecular formula is C15H21ClN4O. The summed E-state index contributed by atoms with van der Waals surface area (Å²) in [4.78, 5) is 11.6. The number of rotatable bonds is 5. The number of nitrogens with zero attached hydrogens (tertiary/aromatic N) is 4. The molecule has 0 bridgehead atoms. The van der Waals surface area contributed by atoms with Crippen molar-refractivity contribution >= 4 is 22.8 Å². The first kappa shape index (κ1) is 14.6. The molecule has 3 rings (SSSR count). The molecule has 0 amide bonds. The lowest BCUT2D eigenvalue weighted by Crippen LogP contribution is -2.34. The molecule has 1 unspecified atom stereocenters. The molecule has 1 fully saturated rings. The zero-order chi connectivity index (χ0) is 14.8. The predicted octanol–water partition coefficient (Wildman–Crippen LogP) is 2.66. The second-order valence-electron chi connectivity index (χ2n) is 5.56. The van der Waals surface area contributed by atoms with Gasteiger partial charge in [0.2, 0.25) is 5.88 Å². The monoisotopic (exact) mass is 308 g/mol. The second kappa shape index (κ2) is 6.20. The van der Waals surface area contributed by atoms with Crippen molar-refractivity contribution in [1.82, 2.24) is 19.4 Å². The molecule has 0 N–H and O–H groups in total. The second-order valence-corrected chi connectivity index (χ2v) is 5.83. The van der Waals surface area contributed by atoms with Crippen LogP contribution in [0.4, 0.5) is 0 Å². The average Bonchev–Trinajstić information content (AvgIpc) is 3.14. The van der Waals surface area contributed by atoms with Crippen molar-refractivity contribution < 1.29 is 4.74 Å². The van der Waals surface area contributed by atoms with Gasteiger partial charge in [0.25, 0.3) is 0 Å². The van der Waals surface area contributed by atoms with Crippen molar-refractivity contribution in [3.05, 3.63) is 18.0 Å². The molecule has 1 aliphatic rings. The molecule has 0 aliphatic carbocycles. The summed E-state index contributed by atoms with van der Waals surface area (Å²) in [7, 11) is 1.63. The number of fused-ring (bicyclic) bond motifs is 1. The van der Waals surface area contributed by atoms with Crippen LogP contribution >= 0.6 is 11.6 Å². The van der Waals surface area contributed by atoms with Crippen LogP contribution in [0.2, 0.25) is 0 Å². The maximum absolute atomic E-state index is 6.06. The van der Waals surface area contributed by atoms with Gasteiger partial charge in [-0.3, -0.25) is 4.90 Å². The molecule has 1 atom stereocenters. The lowest BCUT2D eigenvalue weighted by molar-refractivity contribution is 0.236. The molecule has 5 nitrogen and oxygen atoms in total. The van der Waals surface area contributed by atoms with Crippen LogP contribution in [0.1, 0.15) is 25.6 Å². The summed E-state index contributed by atoms with van der Waals surface area (Å²) in [5.41, 5.74) is 1.73. The fraction of sp³-hybridized carbons (Fsp3) is 0.600. The van der Waals surface area contributed by atoms with Gasteiger partial charge < -0.3 is 9.30 Å². The van der Waals surface area contributed by atoms with E-state index in [0.717, 1.165) is 23.5 Å². The molecule has 0 aromatic carbocycles. The minimum Gasteiger partial charge on any atom is -0.481 e. The number of methoxy groups -OCH3 is 1. The number of pyridine rings is 1. The Bertz CT molecular complexity index is 621. The summed E-state index contributed by atoms with van der Waals surface area (Å²) < 4.78 is 7.36. The highest BCUT2D eigenvalue weighted by atomic mass is 35.5. The van der Waals surface area contributed by atoms with E-state index in [-0.39, 0.29) is 0 Å². The Labute approximate surface area is 129 Å². The van der Waals surface area contributed by atoms with E-state index in [1.54, 1.807) is 7.11 Å². The van der Waals surface area contributed by atoms with Crippen molar-refractivity contribution in [2.75, 3.05) is 20.2 Å². The van der Waals surface area contributed by atoms with E-state index in [1.165, 1.54) is 25.9 Å². The number of imidazole rings is 1. The van der Waals surface area contributed by atoms with Gasteiger partial charge in [-0.2, -0.15) is 4.98 Å². The zero-order valence-electron chi connectivity index (χ0n) is 12.5. The molecule has 1 saturated heterocycles. The van der Waals surface area contributed by atoms with Gasteiger partial charge in [0.1, 0.15) is 11.3 Å². The van der Waals surface area contributed by atoms with E-state index < -0.39 is 0 Å². The molecular weight excluding hydrogens is 288 g/mol. The van der Waals surface area contributed by atoms with Crippen LogP contribution in [0, 0.1) is 0 Å². The lowest BCUT2D eigenvalue weighted by Gasteiger charge is -2.24. The molecule has 2 aromatic heterocycles. The van der Waals surface area contributed by atoms with Gasteiger partial charge in [0.05, 0.1) is 13.0 Å². The van der Waals surface area contributed by atoms with Crippen molar-refractivity contribution in [1.29, 1.82) is 0 Å². The quantitative estimate of drug-likeness (QED) is 0.797. The fourth-order valence-electron chi connectivity index (χ4n) is 3.00. The van der Waals surface area contributed by atoms with Crippen LogP contribution in [0.3, 0.4) is 0 Å². The third-order valence-corrected chi connectivity index (χ3v) is 4.42. The van der Waals surface area contributed by atoms with Crippen LogP contribution in [0.5, 0.6) is 5.88 Å². The predicted molar refractivity (Wildman–Crippen MR) is 83.9 cm³/mol. The topological polar surface area (TPSA) is 43.2 Å². The molecule has 6 heteroatoms. The van der Waals surface area contributed by atoms with Crippen molar-refractivity contribution in [3.8, 4) is 5.88 Å². The highest BCUT2D eigenvalue weighted by molar-refractivity contribution is 6.16. The highest BCUT2D eigenvalue weighted by Crippen LogP contribution is 2.21. The Hall–Kier alpha value is -1.33. The van der Waals surface area contributed by atoms with Crippen molar-refractivity contribution in [2.45, 2.75) is 38.2 Å². The van der Waals surface area contributed by atoms with E-state index in [9.17, 15) is 0 Å². The molecule has 3 heterocycles. The highest BCUT2D eigenvalue weighted by Gasteiger charge is 2.21. The summed E-state index contributed by atoms with van der Waals surface area (Å²) in [5.74, 6) is 1.88.